The van der Waals surface area contributed by atoms with Gasteiger partial charge < -0.3 is 9.47 Å². The molecule has 0 unspecified atom stereocenters. The van der Waals surface area contributed by atoms with Gasteiger partial charge in [-0.15, -0.1) is 0 Å². The number of aryl methyl sites for hydroxylation is 1. The van der Waals surface area contributed by atoms with Crippen LogP contribution < -0.4 is 11.2 Å². The number of carbonyl (C=O) groups is 1. The molecule has 1 aliphatic rings. The molecule has 1 aromatic carbocycles. The minimum Gasteiger partial charge on any atom is -0.459 e. The highest BCUT2D eigenvalue weighted by atomic mass is 16.6. The van der Waals surface area contributed by atoms with E-state index in [-0.39, 0.29) is 6.61 Å². The van der Waals surface area contributed by atoms with Gasteiger partial charge in [-0.3, -0.25) is 14.3 Å². The molecule has 0 spiro atoms. The summed E-state index contributed by atoms with van der Waals surface area (Å²) in [7, 11) is 0. The third kappa shape index (κ3) is 3.17. The van der Waals surface area contributed by atoms with Crippen molar-refractivity contribution >= 4 is 5.97 Å². The van der Waals surface area contributed by atoms with Crippen LogP contribution in [-0.2, 0) is 9.47 Å². The van der Waals surface area contributed by atoms with Crippen LogP contribution in [0.3, 0.4) is 0 Å². The number of aromatic amines is 2. The second kappa shape index (κ2) is 6.65. The van der Waals surface area contributed by atoms with E-state index in [4.69, 9.17) is 9.47 Å². The largest absolute Gasteiger partial charge is 0.459 e. The summed E-state index contributed by atoms with van der Waals surface area (Å²) in [4.78, 5) is 37.6. The van der Waals surface area contributed by atoms with Crippen LogP contribution in [0.1, 0.15) is 39.6 Å². The molecule has 1 aliphatic heterocycles. The Morgan fingerprint density at radius 3 is 2.67 bits per heavy atom. The van der Waals surface area contributed by atoms with E-state index in [2.05, 4.69) is 20.4 Å². The van der Waals surface area contributed by atoms with Gasteiger partial charge in [-0.2, -0.15) is 15.4 Å². The van der Waals surface area contributed by atoms with Gasteiger partial charge in [-0.25, -0.2) is 9.59 Å². The number of hydrogen-bond acceptors (Lipinski definition) is 7. The molecular weight excluding hydrogens is 354 g/mol. The van der Waals surface area contributed by atoms with E-state index < -0.39 is 29.6 Å². The third-order valence-corrected chi connectivity index (χ3v) is 4.19. The predicted octanol–water partition coefficient (Wildman–Crippen LogP) is 0.438. The van der Waals surface area contributed by atoms with E-state index in [0.717, 1.165) is 5.56 Å². The van der Waals surface area contributed by atoms with Crippen molar-refractivity contribution in [1.29, 1.82) is 0 Å². The smallest absolute Gasteiger partial charge is 0.338 e. The highest BCUT2D eigenvalue weighted by Gasteiger charge is 2.38. The number of rotatable bonds is 4. The zero-order chi connectivity index (χ0) is 19.0. The zero-order valence-corrected chi connectivity index (χ0v) is 14.2. The molecule has 4 rings (SSSR count). The lowest BCUT2D eigenvalue weighted by Crippen LogP contribution is -2.32. The number of nitrogens with one attached hydrogen (secondary N) is 2. The Morgan fingerprint density at radius 1 is 1.19 bits per heavy atom. The van der Waals surface area contributed by atoms with Gasteiger partial charge in [0, 0.05) is 12.3 Å². The van der Waals surface area contributed by atoms with Crippen molar-refractivity contribution in [2.75, 3.05) is 6.61 Å². The molecule has 0 saturated heterocycles. The molecule has 2 N–H and O–H groups in total. The first kappa shape index (κ1) is 16.9. The van der Waals surface area contributed by atoms with Crippen LogP contribution in [-0.4, -0.2) is 37.5 Å². The summed E-state index contributed by atoms with van der Waals surface area (Å²) in [6.45, 7) is 1.83. The number of fused-ring (bicyclic) bond motifs is 1. The molecule has 0 amide bonds. The zero-order valence-electron chi connectivity index (χ0n) is 14.2. The van der Waals surface area contributed by atoms with Crippen molar-refractivity contribution in [2.24, 2.45) is 0 Å². The van der Waals surface area contributed by atoms with Gasteiger partial charge in [0.1, 0.15) is 24.1 Å². The normalized spacial score (nSPS) is 18.3. The topological polar surface area (TPSA) is 132 Å². The molecule has 0 saturated carbocycles. The lowest BCUT2D eigenvalue weighted by atomic mass is 10.1. The molecular formula is C17H15N5O5. The Kier molecular flexibility index (Phi) is 4.16. The predicted molar refractivity (Wildman–Crippen MR) is 91.1 cm³/mol. The number of aromatic nitrogens is 5. The van der Waals surface area contributed by atoms with Gasteiger partial charge in [-0.05, 0) is 19.1 Å². The second-order valence-electron chi connectivity index (χ2n) is 6.05. The maximum atomic E-state index is 12.2. The van der Waals surface area contributed by atoms with E-state index in [1.54, 1.807) is 12.1 Å². The monoisotopic (exact) mass is 369 g/mol. The molecule has 3 aromatic rings. The summed E-state index contributed by atoms with van der Waals surface area (Å²) in [5, 5.41) is 10.5. The van der Waals surface area contributed by atoms with Crippen molar-refractivity contribution in [3.63, 3.8) is 0 Å². The van der Waals surface area contributed by atoms with Gasteiger partial charge >= 0.3 is 11.7 Å². The Hall–Kier alpha value is -3.53. The van der Waals surface area contributed by atoms with E-state index >= 15 is 0 Å². The number of H-pyrrole nitrogens is 2. The standard InChI is InChI=1S/C17H15N5O5/c1-9-2-4-10(5-3-9)16(24)26-8-11-13-14(20-21-19-13)15(27-11)22-7-6-12(23)18-17(22)25/h2-7,11,15H,8H2,1H3,(H,18,23,25)(H,19,20,21)/t11-,15-/m1/s1. The molecule has 2 aromatic heterocycles. The lowest BCUT2D eigenvalue weighted by molar-refractivity contribution is -0.0459. The molecule has 2 atom stereocenters. The second-order valence-corrected chi connectivity index (χ2v) is 6.05. The first-order valence-corrected chi connectivity index (χ1v) is 8.14. The van der Waals surface area contributed by atoms with Crippen molar-refractivity contribution in [1.82, 2.24) is 25.0 Å². The fourth-order valence-corrected chi connectivity index (χ4v) is 2.80. The Bertz CT molecular complexity index is 1100. The maximum Gasteiger partial charge on any atom is 0.338 e. The number of hydrogen-bond donors (Lipinski definition) is 2. The molecule has 0 fully saturated rings. The average Bonchev–Trinajstić information content (AvgIpc) is 3.24. The van der Waals surface area contributed by atoms with Crippen LogP contribution in [0.4, 0.5) is 0 Å². The fraction of sp³-hybridized carbons (Fsp3) is 0.235. The number of nitrogens with zero attached hydrogens (tertiary/aromatic N) is 3. The van der Waals surface area contributed by atoms with E-state index in [1.807, 2.05) is 19.1 Å². The Morgan fingerprint density at radius 2 is 1.93 bits per heavy atom. The molecule has 10 heteroatoms. The quantitative estimate of drug-likeness (QED) is 0.638. The maximum absolute atomic E-state index is 12.2. The summed E-state index contributed by atoms with van der Waals surface area (Å²) < 4.78 is 12.3. The minimum atomic E-state index is -0.883. The molecule has 10 nitrogen and oxygen atoms in total. The van der Waals surface area contributed by atoms with Crippen LogP contribution in [0.25, 0.3) is 0 Å². The van der Waals surface area contributed by atoms with Gasteiger partial charge in [0.15, 0.2) is 6.23 Å². The van der Waals surface area contributed by atoms with Crippen molar-refractivity contribution < 1.29 is 14.3 Å². The summed E-state index contributed by atoms with van der Waals surface area (Å²) >= 11 is 0. The number of benzene rings is 1. The average molecular weight is 369 g/mol. The van der Waals surface area contributed by atoms with Crippen molar-refractivity contribution in [3.8, 4) is 0 Å². The molecule has 3 heterocycles. The fourth-order valence-electron chi connectivity index (χ4n) is 2.80. The highest BCUT2D eigenvalue weighted by Crippen LogP contribution is 2.36. The van der Waals surface area contributed by atoms with Crippen molar-refractivity contribution in [2.45, 2.75) is 19.3 Å². The van der Waals surface area contributed by atoms with Gasteiger partial charge in [0.2, 0.25) is 0 Å². The lowest BCUT2D eigenvalue weighted by Gasteiger charge is -2.15. The van der Waals surface area contributed by atoms with Crippen LogP contribution >= 0.6 is 0 Å². The summed E-state index contributed by atoms with van der Waals surface area (Å²) in [6.07, 6.45) is -0.270. The first-order chi connectivity index (χ1) is 13.0. The first-order valence-electron chi connectivity index (χ1n) is 8.14. The number of carbonyl (C=O) groups excluding carboxylic acids is 1. The molecule has 0 aliphatic carbocycles. The molecule has 0 radical (unpaired) electrons. The van der Waals surface area contributed by atoms with Gasteiger partial charge in [-0.1, -0.05) is 17.7 Å². The van der Waals surface area contributed by atoms with Crippen LogP contribution in [0.2, 0.25) is 0 Å². The van der Waals surface area contributed by atoms with E-state index in [0.29, 0.717) is 17.0 Å². The van der Waals surface area contributed by atoms with Crippen LogP contribution in [0.5, 0.6) is 0 Å². The summed E-state index contributed by atoms with van der Waals surface area (Å²) in [5.74, 6) is -0.492. The Balaban J connectivity index is 1.52. The molecule has 138 valence electrons. The Labute approximate surface area is 151 Å². The van der Waals surface area contributed by atoms with E-state index in [9.17, 15) is 14.4 Å². The van der Waals surface area contributed by atoms with Crippen LogP contribution in [0, 0.1) is 6.92 Å². The number of ether oxygens (including phenoxy) is 2. The van der Waals surface area contributed by atoms with E-state index in [1.165, 1.54) is 16.8 Å². The van der Waals surface area contributed by atoms with Crippen molar-refractivity contribution in [3.05, 3.63) is 79.9 Å². The minimum absolute atomic E-state index is 0.0964. The summed E-state index contributed by atoms with van der Waals surface area (Å²) in [5.41, 5.74) is 1.13. The summed E-state index contributed by atoms with van der Waals surface area (Å²) in [6, 6.07) is 8.19. The van der Waals surface area contributed by atoms with Gasteiger partial charge in [0.05, 0.1) is 5.56 Å². The molecule has 27 heavy (non-hydrogen) atoms. The third-order valence-electron chi connectivity index (χ3n) is 4.19. The SMILES string of the molecule is Cc1ccc(C(=O)OC[C@H]2O[C@@H](n3ccc(=O)[nH]c3=O)c3n[nH]nc32)cc1. The van der Waals surface area contributed by atoms with Crippen LogP contribution in [0.15, 0.2) is 46.1 Å². The molecule has 0 bridgehead atoms. The highest BCUT2D eigenvalue weighted by molar-refractivity contribution is 5.89. The number of esters is 1. The van der Waals surface area contributed by atoms with Gasteiger partial charge in [0.25, 0.3) is 5.56 Å².